The van der Waals surface area contributed by atoms with Gasteiger partial charge in [-0.1, -0.05) is 17.7 Å². The molecule has 0 aliphatic heterocycles. The summed E-state index contributed by atoms with van der Waals surface area (Å²) >= 11 is 6.17. The Labute approximate surface area is 157 Å². The van der Waals surface area contributed by atoms with E-state index >= 15 is 0 Å². The van der Waals surface area contributed by atoms with Gasteiger partial charge in [0, 0.05) is 23.4 Å². The first-order chi connectivity index (χ1) is 12.5. The van der Waals surface area contributed by atoms with Gasteiger partial charge in [0.2, 0.25) is 0 Å². The monoisotopic (exact) mass is 369 g/mol. The van der Waals surface area contributed by atoms with Gasteiger partial charge in [-0.25, -0.2) is 9.97 Å². The number of aromatic nitrogens is 3. The van der Waals surface area contributed by atoms with Crippen LogP contribution in [0.25, 0.3) is 0 Å². The molecule has 0 fully saturated rings. The Bertz CT molecular complexity index is 902. The largest absolute Gasteiger partial charge is 0.495 e. The van der Waals surface area contributed by atoms with Crippen molar-refractivity contribution in [2.75, 3.05) is 17.7 Å². The maximum absolute atomic E-state index is 6.17. The third-order valence-electron chi connectivity index (χ3n) is 3.76. The Kier molecular flexibility index (Phi) is 5.53. The summed E-state index contributed by atoms with van der Waals surface area (Å²) in [7, 11) is 1.61. The third-order valence-corrected chi connectivity index (χ3v) is 4.17. The number of hydrogen-bond acceptors (Lipinski definition) is 6. The molecular weight excluding hydrogens is 350 g/mol. The van der Waals surface area contributed by atoms with Crippen LogP contribution in [-0.4, -0.2) is 22.1 Å². The summed E-state index contributed by atoms with van der Waals surface area (Å²) in [6.07, 6.45) is 1.77. The van der Waals surface area contributed by atoms with Gasteiger partial charge in [-0.15, -0.1) is 0 Å². The number of hydrogen-bond donors (Lipinski definition) is 2. The van der Waals surface area contributed by atoms with Gasteiger partial charge in [-0.3, -0.25) is 4.98 Å². The first-order valence-corrected chi connectivity index (χ1v) is 8.53. The van der Waals surface area contributed by atoms with Gasteiger partial charge in [0.05, 0.1) is 25.0 Å². The number of nitrogens with zero attached hydrogens (tertiary/aromatic N) is 3. The fourth-order valence-corrected chi connectivity index (χ4v) is 2.63. The number of pyridine rings is 1. The standard InChI is InChI=1S/C19H20ClN5O/c1-12-8-16(17(26-3)9-15(12)20)25-19-10-18(23-13(2)24-19)22-11-14-6-4-5-7-21-14/h4-10H,11H2,1-3H3,(H2,22,23,24,25). The number of halogens is 1. The van der Waals surface area contributed by atoms with E-state index in [2.05, 4.69) is 25.6 Å². The molecule has 26 heavy (non-hydrogen) atoms. The van der Waals surface area contributed by atoms with E-state index in [0.29, 0.717) is 29.0 Å². The molecule has 2 aromatic heterocycles. The predicted octanol–water partition coefficient (Wildman–Crippen LogP) is 4.51. The van der Waals surface area contributed by atoms with Crippen molar-refractivity contribution in [2.45, 2.75) is 20.4 Å². The zero-order chi connectivity index (χ0) is 18.5. The Morgan fingerprint density at radius 1 is 1.08 bits per heavy atom. The van der Waals surface area contributed by atoms with Crippen LogP contribution in [0.3, 0.4) is 0 Å². The van der Waals surface area contributed by atoms with Crippen LogP contribution in [0.15, 0.2) is 42.6 Å². The van der Waals surface area contributed by atoms with Crippen molar-refractivity contribution in [1.82, 2.24) is 15.0 Å². The molecule has 0 bridgehead atoms. The van der Waals surface area contributed by atoms with Crippen molar-refractivity contribution in [3.8, 4) is 5.75 Å². The Balaban J connectivity index is 1.81. The van der Waals surface area contributed by atoms with Crippen LogP contribution in [0.4, 0.5) is 17.3 Å². The van der Waals surface area contributed by atoms with E-state index in [0.717, 1.165) is 22.8 Å². The topological polar surface area (TPSA) is 72.0 Å². The van der Waals surface area contributed by atoms with E-state index in [1.807, 2.05) is 44.2 Å². The fraction of sp³-hybridized carbons (Fsp3) is 0.211. The van der Waals surface area contributed by atoms with Gasteiger partial charge in [0.1, 0.15) is 23.2 Å². The molecule has 0 spiro atoms. The van der Waals surface area contributed by atoms with E-state index in [1.54, 1.807) is 19.4 Å². The van der Waals surface area contributed by atoms with Crippen LogP contribution in [0, 0.1) is 13.8 Å². The molecule has 134 valence electrons. The zero-order valence-corrected chi connectivity index (χ0v) is 15.6. The molecule has 2 N–H and O–H groups in total. The molecule has 3 aromatic rings. The van der Waals surface area contributed by atoms with Gasteiger partial charge in [0.15, 0.2) is 0 Å². The van der Waals surface area contributed by atoms with Crippen LogP contribution in [0.2, 0.25) is 5.02 Å². The lowest BCUT2D eigenvalue weighted by Crippen LogP contribution is -2.06. The van der Waals surface area contributed by atoms with Crippen molar-refractivity contribution in [3.63, 3.8) is 0 Å². The van der Waals surface area contributed by atoms with Crippen LogP contribution >= 0.6 is 11.6 Å². The Morgan fingerprint density at radius 2 is 1.88 bits per heavy atom. The van der Waals surface area contributed by atoms with E-state index in [4.69, 9.17) is 16.3 Å². The van der Waals surface area contributed by atoms with Gasteiger partial charge >= 0.3 is 0 Å². The SMILES string of the molecule is COc1cc(Cl)c(C)cc1Nc1cc(NCc2ccccn2)nc(C)n1. The summed E-state index contributed by atoms with van der Waals surface area (Å²) in [6, 6.07) is 11.4. The summed E-state index contributed by atoms with van der Waals surface area (Å²) in [6.45, 7) is 4.37. The highest BCUT2D eigenvalue weighted by Crippen LogP contribution is 2.33. The average Bonchev–Trinajstić information content (AvgIpc) is 2.63. The lowest BCUT2D eigenvalue weighted by molar-refractivity contribution is 0.416. The first kappa shape index (κ1) is 17.9. The van der Waals surface area contributed by atoms with Gasteiger partial charge < -0.3 is 15.4 Å². The lowest BCUT2D eigenvalue weighted by atomic mass is 10.2. The average molecular weight is 370 g/mol. The number of methoxy groups -OCH3 is 1. The Hall–Kier alpha value is -2.86. The summed E-state index contributed by atoms with van der Waals surface area (Å²) in [4.78, 5) is 13.2. The minimum atomic E-state index is 0.583. The van der Waals surface area contributed by atoms with Gasteiger partial charge in [0.25, 0.3) is 0 Å². The van der Waals surface area contributed by atoms with E-state index in [1.165, 1.54) is 0 Å². The molecule has 0 aliphatic rings. The molecule has 0 radical (unpaired) electrons. The minimum Gasteiger partial charge on any atom is -0.495 e. The second-order valence-corrected chi connectivity index (χ2v) is 6.19. The molecule has 1 aromatic carbocycles. The maximum atomic E-state index is 6.17. The van der Waals surface area contributed by atoms with Crippen molar-refractivity contribution < 1.29 is 4.74 Å². The van der Waals surface area contributed by atoms with Crippen LogP contribution < -0.4 is 15.4 Å². The van der Waals surface area contributed by atoms with Crippen LogP contribution in [-0.2, 0) is 6.54 Å². The second kappa shape index (κ2) is 8.01. The van der Waals surface area contributed by atoms with Gasteiger partial charge in [-0.05, 0) is 37.6 Å². The normalized spacial score (nSPS) is 10.5. The number of ether oxygens (including phenoxy) is 1. The zero-order valence-electron chi connectivity index (χ0n) is 14.9. The predicted molar refractivity (Wildman–Crippen MR) is 104 cm³/mol. The highest BCUT2D eigenvalue weighted by Gasteiger charge is 2.09. The summed E-state index contributed by atoms with van der Waals surface area (Å²) in [5.74, 6) is 2.69. The molecule has 2 heterocycles. The highest BCUT2D eigenvalue weighted by molar-refractivity contribution is 6.31. The molecule has 0 unspecified atom stereocenters. The Morgan fingerprint density at radius 3 is 2.62 bits per heavy atom. The number of nitrogens with one attached hydrogen (secondary N) is 2. The minimum absolute atomic E-state index is 0.583. The number of aryl methyl sites for hydroxylation is 2. The molecule has 0 saturated carbocycles. The van der Waals surface area contributed by atoms with E-state index in [-0.39, 0.29) is 0 Å². The number of benzene rings is 1. The summed E-state index contributed by atoms with van der Waals surface area (Å²) in [5.41, 5.74) is 2.69. The van der Waals surface area contributed by atoms with E-state index < -0.39 is 0 Å². The van der Waals surface area contributed by atoms with Crippen molar-refractivity contribution in [1.29, 1.82) is 0 Å². The number of anilines is 3. The van der Waals surface area contributed by atoms with E-state index in [9.17, 15) is 0 Å². The molecule has 0 aliphatic carbocycles. The molecule has 7 heteroatoms. The third kappa shape index (κ3) is 4.40. The van der Waals surface area contributed by atoms with Crippen molar-refractivity contribution in [2.24, 2.45) is 0 Å². The highest BCUT2D eigenvalue weighted by atomic mass is 35.5. The number of rotatable bonds is 6. The van der Waals surface area contributed by atoms with Gasteiger partial charge in [-0.2, -0.15) is 0 Å². The molecular formula is C19H20ClN5O. The first-order valence-electron chi connectivity index (χ1n) is 8.16. The van der Waals surface area contributed by atoms with Crippen molar-refractivity contribution >= 4 is 28.9 Å². The summed E-state index contributed by atoms with van der Waals surface area (Å²) < 4.78 is 5.40. The molecule has 0 amide bonds. The van der Waals surface area contributed by atoms with Crippen LogP contribution in [0.1, 0.15) is 17.1 Å². The molecule has 6 nitrogen and oxygen atoms in total. The molecule has 3 rings (SSSR count). The molecule has 0 saturated heterocycles. The molecule has 0 atom stereocenters. The fourth-order valence-electron chi connectivity index (χ4n) is 2.47. The summed E-state index contributed by atoms with van der Waals surface area (Å²) in [5, 5.41) is 7.21. The maximum Gasteiger partial charge on any atom is 0.143 e. The lowest BCUT2D eigenvalue weighted by Gasteiger charge is -2.14. The quantitative estimate of drug-likeness (QED) is 0.666. The second-order valence-electron chi connectivity index (χ2n) is 5.79. The smallest absolute Gasteiger partial charge is 0.143 e. The van der Waals surface area contributed by atoms with Crippen LogP contribution in [0.5, 0.6) is 5.75 Å². The van der Waals surface area contributed by atoms with Crippen molar-refractivity contribution in [3.05, 3.63) is 64.7 Å².